The van der Waals surface area contributed by atoms with Gasteiger partial charge in [0.05, 0.1) is 9.79 Å². The molecule has 0 aliphatic heterocycles. The summed E-state index contributed by atoms with van der Waals surface area (Å²) in [6, 6.07) is 4.35. The molecule has 0 aliphatic carbocycles. The van der Waals surface area contributed by atoms with Crippen molar-refractivity contribution < 1.29 is 38.6 Å². The number of nitrogens with one attached hydrogen (secondary N) is 1. The van der Waals surface area contributed by atoms with Crippen molar-refractivity contribution in [3.05, 3.63) is 54.1 Å². The van der Waals surface area contributed by atoms with E-state index in [1.807, 2.05) is 0 Å². The largest absolute Gasteiger partial charge is 0.294 e. The van der Waals surface area contributed by atoms with Crippen molar-refractivity contribution in [2.75, 3.05) is 0 Å². The second-order valence-electron chi connectivity index (χ2n) is 4.61. The average Bonchev–Trinajstić information content (AvgIpc) is 2.45. The van der Waals surface area contributed by atoms with Crippen LogP contribution in [0.4, 0.5) is 8.78 Å². The van der Waals surface area contributed by atoms with Crippen LogP contribution in [-0.2, 0) is 30.2 Å². The molecule has 0 atom stereocenters. The SMILES string of the molecule is O=S(=O)(O)c1ccc(S(=O)(=O)NS(=O)(=O)c2ccc(F)cc2F)cc1. The van der Waals surface area contributed by atoms with Gasteiger partial charge in [0.15, 0.2) is 0 Å². The molecule has 2 aromatic carbocycles. The third kappa shape index (κ3) is 4.38. The maximum atomic E-state index is 13.6. The Hall–Kier alpha value is -1.93. The number of sulfonamides is 2. The highest BCUT2D eigenvalue weighted by Gasteiger charge is 2.27. The van der Waals surface area contributed by atoms with Gasteiger partial charge in [-0.3, -0.25) is 4.55 Å². The molecule has 25 heavy (non-hydrogen) atoms. The van der Waals surface area contributed by atoms with Gasteiger partial charge in [0, 0.05) is 6.07 Å². The Morgan fingerprint density at radius 1 is 0.760 bits per heavy atom. The smallest absolute Gasteiger partial charge is 0.282 e. The average molecular weight is 413 g/mol. The summed E-state index contributed by atoms with van der Waals surface area (Å²) in [5.74, 6) is -2.55. The molecule has 2 aromatic rings. The van der Waals surface area contributed by atoms with Gasteiger partial charge in [-0.25, -0.2) is 25.6 Å². The molecule has 13 heteroatoms. The second kappa shape index (κ2) is 6.42. The lowest BCUT2D eigenvalue weighted by Crippen LogP contribution is -2.31. The second-order valence-corrected chi connectivity index (χ2v) is 9.62. The van der Waals surface area contributed by atoms with Crippen LogP contribution in [0, 0.1) is 11.6 Å². The Labute approximate surface area is 142 Å². The summed E-state index contributed by atoms with van der Waals surface area (Å²) in [5.41, 5.74) is 0. The molecule has 0 heterocycles. The number of hydrogen-bond acceptors (Lipinski definition) is 6. The van der Waals surface area contributed by atoms with Gasteiger partial charge < -0.3 is 0 Å². The molecule has 0 amide bonds. The number of hydrogen-bond donors (Lipinski definition) is 2. The molecule has 0 spiro atoms. The quantitative estimate of drug-likeness (QED) is 0.695. The highest BCUT2D eigenvalue weighted by molar-refractivity contribution is 8.04. The number of benzene rings is 2. The molecule has 2 N–H and O–H groups in total. The van der Waals surface area contributed by atoms with Crippen LogP contribution in [0.25, 0.3) is 0 Å². The van der Waals surface area contributed by atoms with E-state index in [4.69, 9.17) is 4.55 Å². The van der Waals surface area contributed by atoms with Gasteiger partial charge >= 0.3 is 0 Å². The lowest BCUT2D eigenvalue weighted by molar-refractivity contribution is 0.483. The van der Waals surface area contributed by atoms with E-state index in [2.05, 4.69) is 0 Å². The molecule has 0 fully saturated rings. The Morgan fingerprint density at radius 3 is 1.76 bits per heavy atom. The van der Waals surface area contributed by atoms with Gasteiger partial charge in [-0.1, -0.05) is 0 Å². The van der Waals surface area contributed by atoms with Crippen LogP contribution >= 0.6 is 0 Å². The van der Waals surface area contributed by atoms with E-state index in [1.54, 1.807) is 0 Å². The first-order valence-corrected chi connectivity index (χ1v) is 10.5. The fourth-order valence-corrected chi connectivity index (χ4v) is 5.16. The summed E-state index contributed by atoms with van der Waals surface area (Å²) >= 11 is 0. The van der Waals surface area contributed by atoms with Gasteiger partial charge in [0.25, 0.3) is 30.2 Å². The van der Waals surface area contributed by atoms with Crippen LogP contribution in [0.2, 0.25) is 0 Å². The Morgan fingerprint density at radius 2 is 1.28 bits per heavy atom. The van der Waals surface area contributed by atoms with Crippen LogP contribution in [0.15, 0.2) is 57.2 Å². The monoisotopic (exact) mass is 413 g/mol. The topological polar surface area (TPSA) is 135 Å². The Balaban J connectivity index is 2.40. The van der Waals surface area contributed by atoms with Gasteiger partial charge in [0.1, 0.15) is 16.5 Å². The van der Waals surface area contributed by atoms with Crippen molar-refractivity contribution in [2.24, 2.45) is 0 Å². The molecule has 2 rings (SSSR count). The molecule has 0 saturated carbocycles. The molecular formula is C12H9F2NO7S3. The zero-order valence-corrected chi connectivity index (χ0v) is 14.4. The summed E-state index contributed by atoms with van der Waals surface area (Å²) in [7, 11) is -14.2. The highest BCUT2D eigenvalue weighted by Crippen LogP contribution is 2.19. The lowest BCUT2D eigenvalue weighted by Gasteiger charge is -2.09. The minimum Gasteiger partial charge on any atom is -0.282 e. The first-order chi connectivity index (χ1) is 11.3. The van der Waals surface area contributed by atoms with Crippen LogP contribution in [0.3, 0.4) is 0 Å². The summed E-state index contributed by atoms with van der Waals surface area (Å²) < 4.78 is 106. The normalized spacial score (nSPS) is 12.9. The van der Waals surface area contributed by atoms with Crippen LogP contribution < -0.4 is 4.13 Å². The minimum atomic E-state index is -4.90. The van der Waals surface area contributed by atoms with Gasteiger partial charge in [-0.15, -0.1) is 4.13 Å². The molecule has 0 radical (unpaired) electrons. The Bertz CT molecular complexity index is 1130. The van der Waals surface area contributed by atoms with E-state index in [0.717, 1.165) is 24.3 Å². The number of halogens is 2. The molecule has 8 nitrogen and oxygen atoms in total. The maximum absolute atomic E-state index is 13.6. The van der Waals surface area contributed by atoms with E-state index in [1.165, 1.54) is 4.13 Å². The summed E-state index contributed by atoms with van der Waals surface area (Å²) in [4.78, 5) is -2.36. The summed E-state index contributed by atoms with van der Waals surface area (Å²) in [5, 5.41) is 0. The van der Waals surface area contributed by atoms with E-state index in [0.29, 0.717) is 12.1 Å². The molecule has 0 aliphatic rings. The fraction of sp³-hybridized carbons (Fsp3) is 0. The molecule has 0 saturated heterocycles. The van der Waals surface area contributed by atoms with Crippen LogP contribution in [0.1, 0.15) is 0 Å². The van der Waals surface area contributed by atoms with E-state index >= 15 is 0 Å². The van der Waals surface area contributed by atoms with Crippen LogP contribution in [0.5, 0.6) is 0 Å². The predicted octanol–water partition coefficient (Wildman–Crippen LogP) is 0.879. The van der Waals surface area contributed by atoms with Crippen molar-refractivity contribution in [3.8, 4) is 0 Å². The van der Waals surface area contributed by atoms with Gasteiger partial charge in [-0.05, 0) is 36.4 Å². The van der Waals surface area contributed by atoms with Gasteiger partial charge in [-0.2, -0.15) is 8.42 Å². The first kappa shape index (κ1) is 19.4. The lowest BCUT2D eigenvalue weighted by atomic mass is 10.3. The molecule has 0 bridgehead atoms. The summed E-state index contributed by atoms with van der Waals surface area (Å²) in [6.07, 6.45) is 0. The molecular weight excluding hydrogens is 404 g/mol. The van der Waals surface area contributed by atoms with Gasteiger partial charge in [0.2, 0.25) is 0 Å². The molecule has 136 valence electrons. The van der Waals surface area contributed by atoms with E-state index < -0.39 is 56.5 Å². The standard InChI is InChI=1S/C12H9F2NO7S3/c13-8-1-6-12(11(14)7-8)24(18,19)15-23(16,17)9-2-4-10(5-3-9)25(20,21)22/h1-7,15H,(H,20,21,22). The summed E-state index contributed by atoms with van der Waals surface area (Å²) in [6.45, 7) is 0. The fourth-order valence-electron chi connectivity index (χ4n) is 1.72. The molecule has 0 aromatic heterocycles. The van der Waals surface area contributed by atoms with Crippen molar-refractivity contribution in [1.29, 1.82) is 0 Å². The van der Waals surface area contributed by atoms with Crippen molar-refractivity contribution in [3.63, 3.8) is 0 Å². The van der Waals surface area contributed by atoms with E-state index in [9.17, 15) is 34.0 Å². The first-order valence-electron chi connectivity index (χ1n) is 6.14. The zero-order chi connectivity index (χ0) is 19.0. The minimum absolute atomic E-state index is 0.266. The van der Waals surface area contributed by atoms with Crippen LogP contribution in [-0.4, -0.2) is 29.8 Å². The zero-order valence-electron chi connectivity index (χ0n) is 11.9. The number of rotatable bonds is 5. The van der Waals surface area contributed by atoms with E-state index in [-0.39, 0.29) is 6.07 Å². The highest BCUT2D eigenvalue weighted by atomic mass is 32.3. The Kier molecular flexibility index (Phi) is 4.98. The third-order valence-corrected chi connectivity index (χ3v) is 7.26. The molecule has 0 unspecified atom stereocenters. The maximum Gasteiger partial charge on any atom is 0.294 e. The van der Waals surface area contributed by atoms with Crippen molar-refractivity contribution in [1.82, 2.24) is 4.13 Å². The van der Waals surface area contributed by atoms with Crippen molar-refractivity contribution >= 4 is 30.2 Å². The predicted molar refractivity (Wildman–Crippen MR) is 80.1 cm³/mol. The third-order valence-electron chi connectivity index (χ3n) is 2.83. The van der Waals surface area contributed by atoms with Crippen molar-refractivity contribution in [2.45, 2.75) is 14.7 Å².